The fourth-order valence-electron chi connectivity index (χ4n) is 2.61. The summed E-state index contributed by atoms with van der Waals surface area (Å²) in [5, 5.41) is 3.05. The Labute approximate surface area is 122 Å². The number of likely N-dealkylation sites (tertiary alicyclic amines) is 1. The number of hydrogen-bond donors (Lipinski definition) is 2. The van der Waals surface area contributed by atoms with Gasteiger partial charge in [0.15, 0.2) is 0 Å². The number of thiocarbonyl (C=S) groups is 1. The highest BCUT2D eigenvalue weighted by molar-refractivity contribution is 7.80. The van der Waals surface area contributed by atoms with Crippen molar-refractivity contribution in [3.8, 4) is 0 Å². The molecule has 1 saturated heterocycles. The van der Waals surface area contributed by atoms with Crippen molar-refractivity contribution in [3.05, 3.63) is 0 Å². The van der Waals surface area contributed by atoms with Crippen molar-refractivity contribution in [3.63, 3.8) is 0 Å². The zero-order valence-electron chi connectivity index (χ0n) is 12.2. The second-order valence-electron chi connectivity index (χ2n) is 5.51. The lowest BCUT2D eigenvalue weighted by atomic mass is 10.0. The maximum atomic E-state index is 12.1. The van der Waals surface area contributed by atoms with Crippen molar-refractivity contribution in [1.82, 2.24) is 10.2 Å². The Kier molecular flexibility index (Phi) is 7.31. The van der Waals surface area contributed by atoms with E-state index in [-0.39, 0.29) is 17.9 Å². The van der Waals surface area contributed by atoms with Crippen molar-refractivity contribution < 1.29 is 4.79 Å². The van der Waals surface area contributed by atoms with Crippen LogP contribution in [0.3, 0.4) is 0 Å². The molecule has 2 unspecified atom stereocenters. The number of nitrogens with zero attached hydrogens (tertiary/aromatic N) is 1. The SMILES string of the molecule is CCCC(C(=O)NC(C)CN1CCCCC1)C(N)=S. The Bertz CT molecular complexity index is 303. The molecule has 1 aliphatic heterocycles. The van der Waals surface area contributed by atoms with E-state index >= 15 is 0 Å². The summed E-state index contributed by atoms with van der Waals surface area (Å²) in [5.41, 5.74) is 5.64. The molecule has 0 radical (unpaired) electrons. The van der Waals surface area contributed by atoms with Crippen LogP contribution in [-0.2, 0) is 4.79 Å². The molecule has 0 bridgehead atoms. The molecule has 0 aromatic rings. The van der Waals surface area contributed by atoms with Gasteiger partial charge >= 0.3 is 0 Å². The lowest BCUT2D eigenvalue weighted by Gasteiger charge is -2.30. The third-order valence-electron chi connectivity index (χ3n) is 3.61. The van der Waals surface area contributed by atoms with Gasteiger partial charge in [-0.2, -0.15) is 0 Å². The van der Waals surface area contributed by atoms with Gasteiger partial charge in [0, 0.05) is 12.6 Å². The summed E-state index contributed by atoms with van der Waals surface area (Å²) in [6.07, 6.45) is 5.52. The lowest BCUT2D eigenvalue weighted by Crippen LogP contribution is -2.47. The summed E-state index contributed by atoms with van der Waals surface area (Å²) >= 11 is 4.98. The maximum absolute atomic E-state index is 12.1. The van der Waals surface area contributed by atoms with Crippen LogP contribution in [0.4, 0.5) is 0 Å². The number of rotatable bonds is 7. The second kappa shape index (κ2) is 8.48. The topological polar surface area (TPSA) is 58.4 Å². The Morgan fingerprint density at radius 2 is 2.00 bits per heavy atom. The molecule has 0 aromatic heterocycles. The summed E-state index contributed by atoms with van der Waals surface area (Å²) in [4.78, 5) is 14.9. The number of carbonyl (C=O) groups excluding carboxylic acids is 1. The molecule has 1 rings (SSSR count). The van der Waals surface area contributed by atoms with Crippen LogP contribution in [-0.4, -0.2) is 41.5 Å². The van der Waals surface area contributed by atoms with Crippen LogP contribution in [0.5, 0.6) is 0 Å². The minimum atomic E-state index is -0.316. The van der Waals surface area contributed by atoms with Gasteiger partial charge in [-0.15, -0.1) is 0 Å². The summed E-state index contributed by atoms with van der Waals surface area (Å²) in [5.74, 6) is -0.331. The molecular formula is C14H27N3OS. The fraction of sp³-hybridized carbons (Fsp3) is 0.857. The van der Waals surface area contributed by atoms with E-state index in [4.69, 9.17) is 18.0 Å². The summed E-state index contributed by atoms with van der Waals surface area (Å²) in [7, 11) is 0. The zero-order chi connectivity index (χ0) is 14.3. The third-order valence-corrected chi connectivity index (χ3v) is 3.89. The van der Waals surface area contributed by atoms with E-state index in [1.54, 1.807) is 0 Å². The largest absolute Gasteiger partial charge is 0.393 e. The quantitative estimate of drug-likeness (QED) is 0.699. The molecule has 1 heterocycles. The van der Waals surface area contributed by atoms with Crippen LogP contribution in [0.1, 0.15) is 46.0 Å². The Balaban J connectivity index is 2.38. The first-order valence-electron chi connectivity index (χ1n) is 7.36. The minimum Gasteiger partial charge on any atom is -0.393 e. The predicted molar refractivity (Wildman–Crippen MR) is 83.1 cm³/mol. The molecule has 2 atom stereocenters. The first-order valence-corrected chi connectivity index (χ1v) is 7.77. The number of hydrogen-bond acceptors (Lipinski definition) is 3. The first-order chi connectivity index (χ1) is 9.04. The average molecular weight is 285 g/mol. The van der Waals surface area contributed by atoms with Gasteiger partial charge < -0.3 is 16.0 Å². The van der Waals surface area contributed by atoms with Crippen LogP contribution in [0.25, 0.3) is 0 Å². The molecule has 3 N–H and O–H groups in total. The highest BCUT2D eigenvalue weighted by Gasteiger charge is 2.22. The van der Waals surface area contributed by atoms with Crippen molar-refractivity contribution in [2.45, 2.75) is 52.0 Å². The molecule has 1 amide bonds. The van der Waals surface area contributed by atoms with Crippen LogP contribution in [0, 0.1) is 5.92 Å². The van der Waals surface area contributed by atoms with Crippen LogP contribution >= 0.6 is 12.2 Å². The van der Waals surface area contributed by atoms with Gasteiger partial charge in [0.1, 0.15) is 0 Å². The van der Waals surface area contributed by atoms with Crippen molar-refractivity contribution in [1.29, 1.82) is 0 Å². The molecule has 5 heteroatoms. The lowest BCUT2D eigenvalue weighted by molar-refractivity contribution is -0.123. The van der Waals surface area contributed by atoms with E-state index in [0.29, 0.717) is 4.99 Å². The van der Waals surface area contributed by atoms with E-state index in [1.807, 2.05) is 6.92 Å². The maximum Gasteiger partial charge on any atom is 0.230 e. The van der Waals surface area contributed by atoms with E-state index in [2.05, 4.69) is 17.1 Å². The minimum absolute atomic E-state index is 0.0149. The van der Waals surface area contributed by atoms with Gasteiger partial charge in [-0.05, 0) is 39.3 Å². The van der Waals surface area contributed by atoms with Crippen molar-refractivity contribution in [2.24, 2.45) is 11.7 Å². The first kappa shape index (κ1) is 16.4. The Morgan fingerprint density at radius 1 is 1.37 bits per heavy atom. The summed E-state index contributed by atoms with van der Waals surface area (Å²) < 4.78 is 0. The second-order valence-corrected chi connectivity index (χ2v) is 5.99. The van der Waals surface area contributed by atoms with Gasteiger partial charge in [-0.3, -0.25) is 4.79 Å². The molecule has 4 nitrogen and oxygen atoms in total. The Morgan fingerprint density at radius 3 is 2.53 bits per heavy atom. The molecular weight excluding hydrogens is 258 g/mol. The average Bonchev–Trinajstić information content (AvgIpc) is 2.36. The zero-order valence-corrected chi connectivity index (χ0v) is 13.0. The smallest absolute Gasteiger partial charge is 0.230 e. The predicted octanol–water partition coefficient (Wildman–Crippen LogP) is 1.68. The fourth-order valence-corrected chi connectivity index (χ4v) is 2.83. The third kappa shape index (κ3) is 5.87. The van der Waals surface area contributed by atoms with E-state index in [1.165, 1.54) is 19.3 Å². The molecule has 1 fully saturated rings. The van der Waals surface area contributed by atoms with Crippen LogP contribution in [0.2, 0.25) is 0 Å². The van der Waals surface area contributed by atoms with Gasteiger partial charge in [-0.25, -0.2) is 0 Å². The molecule has 110 valence electrons. The van der Waals surface area contributed by atoms with E-state index in [9.17, 15) is 4.79 Å². The van der Waals surface area contributed by atoms with Crippen molar-refractivity contribution in [2.75, 3.05) is 19.6 Å². The number of amides is 1. The summed E-state index contributed by atoms with van der Waals surface area (Å²) in [6.45, 7) is 7.30. The van der Waals surface area contributed by atoms with Gasteiger partial charge in [0.05, 0.1) is 10.9 Å². The normalized spacial score (nSPS) is 19.7. The van der Waals surface area contributed by atoms with Gasteiger partial charge in [0.25, 0.3) is 0 Å². The number of nitrogens with two attached hydrogens (primary N) is 1. The molecule has 0 saturated carbocycles. The van der Waals surface area contributed by atoms with E-state index < -0.39 is 0 Å². The van der Waals surface area contributed by atoms with Crippen molar-refractivity contribution >= 4 is 23.1 Å². The highest BCUT2D eigenvalue weighted by atomic mass is 32.1. The van der Waals surface area contributed by atoms with Crippen LogP contribution < -0.4 is 11.1 Å². The molecule has 0 aliphatic carbocycles. The molecule has 1 aliphatic rings. The summed E-state index contributed by atoms with van der Waals surface area (Å²) in [6, 6.07) is 0.152. The van der Waals surface area contributed by atoms with Gasteiger partial charge in [-0.1, -0.05) is 32.0 Å². The highest BCUT2D eigenvalue weighted by Crippen LogP contribution is 2.10. The standard InChI is InChI=1S/C14H27N3OS/c1-3-7-12(13(15)19)14(18)16-11(2)10-17-8-5-4-6-9-17/h11-12H,3-10H2,1-2H3,(H2,15,19)(H,16,18). The van der Waals surface area contributed by atoms with Gasteiger partial charge in [0.2, 0.25) is 5.91 Å². The molecule has 19 heavy (non-hydrogen) atoms. The van der Waals surface area contributed by atoms with Crippen LogP contribution in [0.15, 0.2) is 0 Å². The Hall–Kier alpha value is -0.680. The molecule has 0 aromatic carbocycles. The molecule has 0 spiro atoms. The van der Waals surface area contributed by atoms with E-state index in [0.717, 1.165) is 32.5 Å². The monoisotopic (exact) mass is 285 g/mol. The number of carbonyl (C=O) groups is 1. The number of nitrogens with one attached hydrogen (secondary N) is 1. The number of piperidine rings is 1.